The van der Waals surface area contributed by atoms with Gasteiger partial charge in [0.1, 0.15) is 18.2 Å². The Hall–Kier alpha value is -2.44. The van der Waals surface area contributed by atoms with Crippen molar-refractivity contribution in [3.05, 3.63) is 65.5 Å². The maximum atomic E-state index is 12.9. The molecule has 0 spiro atoms. The Balaban J connectivity index is 1.55. The number of aliphatic hydroxyl groups is 1. The molecule has 1 saturated heterocycles. The van der Waals surface area contributed by atoms with Gasteiger partial charge in [0, 0.05) is 19.6 Å². The summed E-state index contributed by atoms with van der Waals surface area (Å²) >= 11 is 0. The van der Waals surface area contributed by atoms with E-state index in [1.54, 1.807) is 12.1 Å². The lowest BCUT2D eigenvalue weighted by molar-refractivity contribution is -0.178. The first-order valence-electron chi connectivity index (χ1n) is 7.59. The van der Waals surface area contributed by atoms with Gasteiger partial charge < -0.3 is 14.9 Å². The number of nitrogens with zero attached hydrogens (tertiary/aromatic N) is 1. The topological polar surface area (TPSA) is 70.0 Å². The Morgan fingerprint density at radius 2 is 1.88 bits per heavy atom. The van der Waals surface area contributed by atoms with Crippen LogP contribution in [0.25, 0.3) is 0 Å². The minimum absolute atomic E-state index is 0.114. The third kappa shape index (κ3) is 3.72. The second-order valence-electron chi connectivity index (χ2n) is 6.04. The Kier molecular flexibility index (Phi) is 4.51. The minimum Gasteiger partial charge on any atom is -0.489 e. The van der Waals surface area contributed by atoms with Crippen molar-refractivity contribution < 1.29 is 24.1 Å². The van der Waals surface area contributed by atoms with Gasteiger partial charge in [-0.2, -0.15) is 0 Å². The molecule has 1 heterocycles. The third-order valence-electron chi connectivity index (χ3n) is 3.99. The number of halogens is 1. The molecular formula is C18H18FNO4. The first-order chi connectivity index (χ1) is 11.4. The minimum atomic E-state index is -1.63. The highest BCUT2D eigenvalue weighted by molar-refractivity contribution is 5.79. The van der Waals surface area contributed by atoms with Gasteiger partial charge in [-0.15, -0.1) is 0 Å². The van der Waals surface area contributed by atoms with E-state index in [0.717, 1.165) is 11.1 Å². The molecule has 0 atom stereocenters. The van der Waals surface area contributed by atoms with Crippen molar-refractivity contribution in [2.24, 2.45) is 0 Å². The van der Waals surface area contributed by atoms with Crippen LogP contribution in [0.4, 0.5) is 4.39 Å². The van der Waals surface area contributed by atoms with Crippen LogP contribution in [0.15, 0.2) is 48.5 Å². The summed E-state index contributed by atoms with van der Waals surface area (Å²) in [6, 6.07) is 13.6. The molecule has 0 amide bonds. The van der Waals surface area contributed by atoms with Gasteiger partial charge in [-0.3, -0.25) is 4.90 Å². The van der Waals surface area contributed by atoms with Crippen molar-refractivity contribution >= 4 is 5.97 Å². The summed E-state index contributed by atoms with van der Waals surface area (Å²) in [6.45, 7) is 1.11. The fourth-order valence-corrected chi connectivity index (χ4v) is 2.68. The molecule has 3 rings (SSSR count). The van der Waals surface area contributed by atoms with Gasteiger partial charge in [0.05, 0.1) is 0 Å². The summed E-state index contributed by atoms with van der Waals surface area (Å²) in [6.07, 6.45) is 0. The van der Waals surface area contributed by atoms with Crippen molar-refractivity contribution in [3.8, 4) is 5.75 Å². The molecule has 2 aromatic carbocycles. The molecule has 2 aromatic rings. The average molecular weight is 331 g/mol. The molecule has 24 heavy (non-hydrogen) atoms. The fourth-order valence-electron chi connectivity index (χ4n) is 2.68. The van der Waals surface area contributed by atoms with Gasteiger partial charge in [0.25, 0.3) is 0 Å². The molecule has 0 aliphatic carbocycles. The monoisotopic (exact) mass is 331 g/mol. The second kappa shape index (κ2) is 6.59. The fraction of sp³-hybridized carbons (Fsp3) is 0.278. The molecule has 2 N–H and O–H groups in total. The van der Waals surface area contributed by atoms with Crippen LogP contribution in [0.1, 0.15) is 11.1 Å². The number of aliphatic carboxylic acids is 1. The van der Waals surface area contributed by atoms with E-state index in [1.807, 2.05) is 29.2 Å². The van der Waals surface area contributed by atoms with Crippen LogP contribution >= 0.6 is 0 Å². The molecule has 1 aliphatic heterocycles. The summed E-state index contributed by atoms with van der Waals surface area (Å²) in [5.41, 5.74) is 0.214. The quantitative estimate of drug-likeness (QED) is 0.848. The zero-order valence-electron chi connectivity index (χ0n) is 13.0. The zero-order chi connectivity index (χ0) is 17.2. The molecule has 0 radical (unpaired) electrons. The maximum absolute atomic E-state index is 12.9. The van der Waals surface area contributed by atoms with E-state index in [0.29, 0.717) is 18.9 Å². The summed E-state index contributed by atoms with van der Waals surface area (Å²) in [5.74, 6) is -0.780. The molecule has 6 heteroatoms. The molecule has 0 saturated carbocycles. The number of benzene rings is 2. The van der Waals surface area contributed by atoms with Crippen LogP contribution in [-0.2, 0) is 17.9 Å². The lowest BCUT2D eigenvalue weighted by atomic mass is 9.94. The molecule has 0 aromatic heterocycles. The number of β-amino-alcohol motifs (C(OH)–C–C–N with tert-alkyl or cyclic N) is 1. The van der Waals surface area contributed by atoms with Crippen molar-refractivity contribution in [2.45, 2.75) is 18.8 Å². The number of carbonyl (C=O) groups is 1. The van der Waals surface area contributed by atoms with Crippen LogP contribution in [0.3, 0.4) is 0 Å². The summed E-state index contributed by atoms with van der Waals surface area (Å²) < 4.78 is 18.6. The van der Waals surface area contributed by atoms with Crippen molar-refractivity contribution in [2.75, 3.05) is 13.1 Å². The van der Waals surface area contributed by atoms with Crippen molar-refractivity contribution in [3.63, 3.8) is 0 Å². The lowest BCUT2D eigenvalue weighted by Crippen LogP contribution is -2.65. The average Bonchev–Trinajstić information content (AvgIpc) is 2.53. The SMILES string of the molecule is O=C(O)C1(O)CN(Cc2cccc(OCc3ccc(F)cc3)c2)C1. The van der Waals surface area contributed by atoms with E-state index in [2.05, 4.69) is 0 Å². The second-order valence-corrected chi connectivity index (χ2v) is 6.04. The molecule has 126 valence electrons. The Labute approximate surface area is 138 Å². The van der Waals surface area contributed by atoms with Gasteiger partial charge >= 0.3 is 5.97 Å². The predicted molar refractivity (Wildman–Crippen MR) is 85.0 cm³/mol. The van der Waals surface area contributed by atoms with Crippen molar-refractivity contribution in [1.82, 2.24) is 4.90 Å². The van der Waals surface area contributed by atoms with E-state index in [9.17, 15) is 14.3 Å². The van der Waals surface area contributed by atoms with Gasteiger partial charge in [0.2, 0.25) is 0 Å². The summed E-state index contributed by atoms with van der Waals surface area (Å²) in [4.78, 5) is 12.7. The number of carboxylic acid groups (broad SMARTS) is 1. The normalized spacial score (nSPS) is 16.4. The number of ether oxygens (including phenoxy) is 1. The number of hydrogen-bond donors (Lipinski definition) is 2. The smallest absolute Gasteiger partial charge is 0.338 e. The van der Waals surface area contributed by atoms with E-state index in [4.69, 9.17) is 9.84 Å². The molecular weight excluding hydrogens is 313 g/mol. The van der Waals surface area contributed by atoms with Crippen molar-refractivity contribution in [1.29, 1.82) is 0 Å². The summed E-state index contributed by atoms with van der Waals surface area (Å²) in [7, 11) is 0. The first kappa shape index (κ1) is 16.4. The highest BCUT2D eigenvalue weighted by Crippen LogP contribution is 2.24. The number of hydrogen-bond acceptors (Lipinski definition) is 4. The van der Waals surface area contributed by atoms with Crippen LogP contribution < -0.4 is 4.74 Å². The van der Waals surface area contributed by atoms with Gasteiger partial charge in [-0.05, 0) is 35.4 Å². The largest absolute Gasteiger partial charge is 0.489 e. The number of carboxylic acids is 1. The van der Waals surface area contributed by atoms with Crippen LogP contribution in [0, 0.1) is 5.82 Å². The van der Waals surface area contributed by atoms with Crippen LogP contribution in [-0.4, -0.2) is 39.8 Å². The van der Waals surface area contributed by atoms with E-state index in [-0.39, 0.29) is 18.9 Å². The van der Waals surface area contributed by atoms with Gasteiger partial charge in [0.15, 0.2) is 5.60 Å². The first-order valence-corrected chi connectivity index (χ1v) is 7.59. The lowest BCUT2D eigenvalue weighted by Gasteiger charge is -2.43. The standard InChI is InChI=1S/C18H18FNO4/c19-15-6-4-13(5-7-15)10-24-16-3-1-2-14(8-16)9-20-11-18(23,12-20)17(21)22/h1-8,23H,9-12H2,(H,21,22). The zero-order valence-corrected chi connectivity index (χ0v) is 13.0. The molecule has 0 unspecified atom stereocenters. The number of likely N-dealkylation sites (tertiary alicyclic amines) is 1. The molecule has 1 fully saturated rings. The maximum Gasteiger partial charge on any atom is 0.338 e. The van der Waals surface area contributed by atoms with Gasteiger partial charge in [-0.25, -0.2) is 9.18 Å². The van der Waals surface area contributed by atoms with Gasteiger partial charge in [-0.1, -0.05) is 24.3 Å². The van der Waals surface area contributed by atoms with E-state index >= 15 is 0 Å². The third-order valence-corrected chi connectivity index (χ3v) is 3.99. The highest BCUT2D eigenvalue weighted by Gasteiger charge is 2.47. The predicted octanol–water partition coefficient (Wildman–Crippen LogP) is 2.04. The van der Waals surface area contributed by atoms with E-state index < -0.39 is 11.6 Å². The van der Waals surface area contributed by atoms with Crippen LogP contribution in [0.2, 0.25) is 0 Å². The van der Waals surface area contributed by atoms with Crippen LogP contribution in [0.5, 0.6) is 5.75 Å². The Bertz CT molecular complexity index is 726. The Morgan fingerprint density at radius 1 is 1.17 bits per heavy atom. The molecule has 0 bridgehead atoms. The molecule has 5 nitrogen and oxygen atoms in total. The summed E-state index contributed by atoms with van der Waals surface area (Å²) in [5, 5.41) is 18.6. The number of rotatable bonds is 6. The molecule has 1 aliphatic rings. The Morgan fingerprint density at radius 3 is 2.54 bits per heavy atom. The highest BCUT2D eigenvalue weighted by atomic mass is 19.1. The van der Waals surface area contributed by atoms with E-state index in [1.165, 1.54) is 12.1 Å².